The van der Waals surface area contributed by atoms with Gasteiger partial charge in [0.2, 0.25) is 0 Å². The number of aryl methyl sites for hydroxylation is 1. The fourth-order valence-electron chi connectivity index (χ4n) is 4.63. The van der Waals surface area contributed by atoms with Crippen molar-refractivity contribution >= 4 is 22.8 Å². The summed E-state index contributed by atoms with van der Waals surface area (Å²) in [7, 11) is 0. The topological polar surface area (TPSA) is 108 Å². The van der Waals surface area contributed by atoms with Crippen LogP contribution in [0.25, 0.3) is 22.3 Å². The van der Waals surface area contributed by atoms with Gasteiger partial charge in [-0.3, -0.25) is 9.59 Å². The number of aromatic nitrogens is 2. The number of hydrogen-bond acceptors (Lipinski definition) is 7. The highest BCUT2D eigenvalue weighted by Gasteiger charge is 2.45. The maximum atomic E-state index is 13.3. The lowest BCUT2D eigenvalue weighted by molar-refractivity contribution is -0.172. The largest absolute Gasteiger partial charge is 0.458 e. The number of ether oxygens (including phenoxy) is 2. The number of rotatable bonds is 3. The molecule has 0 fully saturated rings. The van der Waals surface area contributed by atoms with Crippen molar-refractivity contribution in [2.45, 2.75) is 52.4 Å². The highest BCUT2D eigenvalue weighted by atomic mass is 16.6. The summed E-state index contributed by atoms with van der Waals surface area (Å²) in [5.74, 6) is -0.755. The van der Waals surface area contributed by atoms with E-state index in [1.165, 1.54) is 6.92 Å². The van der Waals surface area contributed by atoms with Crippen LogP contribution in [0, 0.1) is 0 Å². The second kappa shape index (κ2) is 7.00. The van der Waals surface area contributed by atoms with Gasteiger partial charge in [-0.05, 0) is 36.6 Å². The van der Waals surface area contributed by atoms with Gasteiger partial charge in [0.15, 0.2) is 5.60 Å². The van der Waals surface area contributed by atoms with Gasteiger partial charge in [-0.2, -0.15) is 0 Å². The molecule has 2 aliphatic rings. The third-order valence-electron chi connectivity index (χ3n) is 6.36. The molecule has 5 rings (SSSR count). The number of cyclic esters (lactones) is 1. The molecular formula is C24H22N2O6. The van der Waals surface area contributed by atoms with E-state index in [9.17, 15) is 19.5 Å². The van der Waals surface area contributed by atoms with Crippen LogP contribution < -0.4 is 10.3 Å². The first-order chi connectivity index (χ1) is 15.3. The lowest BCUT2D eigenvalue weighted by Crippen LogP contribution is -2.44. The van der Waals surface area contributed by atoms with E-state index in [0.29, 0.717) is 28.0 Å². The molecule has 1 aromatic carbocycles. The average molecular weight is 434 g/mol. The number of hydrogen-bond donors (Lipinski definition) is 1. The van der Waals surface area contributed by atoms with Crippen molar-refractivity contribution in [1.29, 1.82) is 0 Å². The van der Waals surface area contributed by atoms with E-state index in [-0.39, 0.29) is 36.3 Å². The van der Waals surface area contributed by atoms with E-state index in [0.717, 1.165) is 17.5 Å². The highest BCUT2D eigenvalue weighted by Crippen LogP contribution is 2.40. The molecule has 0 bridgehead atoms. The van der Waals surface area contributed by atoms with Gasteiger partial charge in [0.25, 0.3) is 5.56 Å². The molecule has 8 heteroatoms. The summed E-state index contributed by atoms with van der Waals surface area (Å²) < 4.78 is 12.1. The average Bonchev–Trinajstić information content (AvgIpc) is 3.13. The highest BCUT2D eigenvalue weighted by molar-refractivity contribution is 5.93. The number of benzene rings is 1. The Kier molecular flexibility index (Phi) is 4.46. The van der Waals surface area contributed by atoms with Crippen molar-refractivity contribution in [1.82, 2.24) is 9.55 Å². The van der Waals surface area contributed by atoms with Gasteiger partial charge in [0.1, 0.15) is 12.4 Å². The Morgan fingerprint density at radius 3 is 2.75 bits per heavy atom. The van der Waals surface area contributed by atoms with Gasteiger partial charge < -0.3 is 19.1 Å². The zero-order valence-corrected chi connectivity index (χ0v) is 18.0. The van der Waals surface area contributed by atoms with Gasteiger partial charge in [-0.25, -0.2) is 9.78 Å². The minimum Gasteiger partial charge on any atom is -0.458 e. The molecule has 1 atom stereocenters. The van der Waals surface area contributed by atoms with Crippen LogP contribution in [-0.4, -0.2) is 26.6 Å². The maximum Gasteiger partial charge on any atom is 0.343 e. The molecule has 0 amide bonds. The van der Waals surface area contributed by atoms with E-state index >= 15 is 0 Å². The van der Waals surface area contributed by atoms with Crippen LogP contribution in [0.2, 0.25) is 0 Å². The first-order valence-corrected chi connectivity index (χ1v) is 10.6. The summed E-state index contributed by atoms with van der Waals surface area (Å²) in [5, 5.41) is 11.7. The zero-order valence-electron chi connectivity index (χ0n) is 18.0. The van der Waals surface area contributed by atoms with E-state index < -0.39 is 17.5 Å². The first-order valence-electron chi connectivity index (χ1n) is 10.6. The summed E-state index contributed by atoms with van der Waals surface area (Å²) in [6.07, 6.45) is 0.812. The molecule has 32 heavy (non-hydrogen) atoms. The number of esters is 2. The van der Waals surface area contributed by atoms with Gasteiger partial charge in [-0.15, -0.1) is 0 Å². The van der Waals surface area contributed by atoms with Gasteiger partial charge in [-0.1, -0.05) is 19.9 Å². The van der Waals surface area contributed by atoms with E-state index in [1.807, 2.05) is 19.1 Å². The zero-order chi connectivity index (χ0) is 22.8. The normalized spacial score (nSPS) is 18.7. The quantitative estimate of drug-likeness (QED) is 0.390. The third-order valence-corrected chi connectivity index (χ3v) is 6.36. The van der Waals surface area contributed by atoms with Crippen molar-refractivity contribution < 1.29 is 24.2 Å². The lowest BCUT2D eigenvalue weighted by Gasteiger charge is -2.31. The lowest BCUT2D eigenvalue weighted by atomic mass is 9.86. The Hall–Kier alpha value is -3.52. The minimum absolute atomic E-state index is 0.0888. The smallest absolute Gasteiger partial charge is 0.343 e. The Labute approximate surface area is 183 Å². The van der Waals surface area contributed by atoms with Crippen LogP contribution in [0.4, 0.5) is 0 Å². The number of carbonyl (C=O) groups excluding carboxylic acids is 2. The molecule has 0 saturated heterocycles. The Morgan fingerprint density at radius 1 is 1.28 bits per heavy atom. The summed E-state index contributed by atoms with van der Waals surface area (Å²) in [6, 6.07) is 7.22. The molecule has 1 unspecified atom stereocenters. The standard InChI is InChI=1S/C24H22N2O6/c1-4-13-6-7-19(32-12(3)27)15-8-14-10-26-18(21(14)25-20(13)15)9-17-16(22(26)28)11-31-23(29)24(17,30)5-2/h6-9,30H,4-5,10-11H2,1-3H3. The number of pyridine rings is 2. The van der Waals surface area contributed by atoms with Crippen molar-refractivity contribution in [3.63, 3.8) is 0 Å². The van der Waals surface area contributed by atoms with Crippen LogP contribution in [-0.2, 0) is 39.5 Å². The fourth-order valence-corrected chi connectivity index (χ4v) is 4.63. The molecule has 4 heterocycles. The molecule has 0 saturated carbocycles. The van der Waals surface area contributed by atoms with Crippen LogP contribution in [0.15, 0.2) is 29.1 Å². The van der Waals surface area contributed by atoms with Crippen LogP contribution >= 0.6 is 0 Å². The number of fused-ring (bicyclic) bond motifs is 5. The molecule has 1 N–H and O–H groups in total. The monoisotopic (exact) mass is 434 g/mol. The van der Waals surface area contributed by atoms with Crippen molar-refractivity contribution in [3.05, 3.63) is 56.9 Å². The Bertz CT molecular complexity index is 1390. The molecule has 3 aromatic rings. The Balaban J connectivity index is 1.78. The van der Waals surface area contributed by atoms with Crippen LogP contribution in [0.5, 0.6) is 5.75 Å². The van der Waals surface area contributed by atoms with E-state index in [2.05, 4.69) is 0 Å². The van der Waals surface area contributed by atoms with Crippen LogP contribution in [0.1, 0.15) is 49.4 Å². The summed E-state index contributed by atoms with van der Waals surface area (Å²) in [6.45, 7) is 5.15. The molecule has 164 valence electrons. The van der Waals surface area contributed by atoms with Gasteiger partial charge in [0.05, 0.1) is 29.0 Å². The second-order valence-corrected chi connectivity index (χ2v) is 8.17. The molecule has 2 aliphatic heterocycles. The SMILES string of the molecule is CCc1ccc(OC(C)=O)c2cc3c(nc12)-c1cc2c(c(=O)n1C3)COC(=O)C2(O)CC. The predicted octanol–water partition coefficient (Wildman–Crippen LogP) is 2.57. The minimum atomic E-state index is -1.86. The van der Waals surface area contributed by atoms with Crippen molar-refractivity contribution in [2.24, 2.45) is 0 Å². The van der Waals surface area contributed by atoms with Crippen molar-refractivity contribution in [2.75, 3.05) is 0 Å². The van der Waals surface area contributed by atoms with Gasteiger partial charge >= 0.3 is 11.9 Å². The first kappa shape index (κ1) is 20.4. The van der Waals surface area contributed by atoms with Crippen molar-refractivity contribution in [3.8, 4) is 17.1 Å². The molecule has 0 aliphatic carbocycles. The summed E-state index contributed by atoms with van der Waals surface area (Å²) in [4.78, 5) is 42.0. The number of nitrogens with zero attached hydrogens (tertiary/aromatic N) is 2. The molecule has 0 spiro atoms. The summed E-state index contributed by atoms with van der Waals surface area (Å²) >= 11 is 0. The molecule has 0 radical (unpaired) electrons. The fraction of sp³-hybridized carbons (Fsp3) is 0.333. The predicted molar refractivity (Wildman–Crippen MR) is 115 cm³/mol. The number of aliphatic hydroxyl groups is 1. The molecule has 8 nitrogen and oxygen atoms in total. The number of carbonyl (C=O) groups is 2. The van der Waals surface area contributed by atoms with Crippen LogP contribution in [0.3, 0.4) is 0 Å². The maximum absolute atomic E-state index is 13.3. The second-order valence-electron chi connectivity index (χ2n) is 8.17. The van der Waals surface area contributed by atoms with E-state index in [1.54, 1.807) is 23.6 Å². The molecule has 2 aromatic heterocycles. The summed E-state index contributed by atoms with van der Waals surface area (Å²) in [5.41, 5.74) is 2.02. The molecular weight excluding hydrogens is 412 g/mol. The van der Waals surface area contributed by atoms with E-state index in [4.69, 9.17) is 14.5 Å². The Morgan fingerprint density at radius 2 is 2.06 bits per heavy atom. The van der Waals surface area contributed by atoms with Gasteiger partial charge in [0, 0.05) is 23.4 Å². The third kappa shape index (κ3) is 2.72.